The van der Waals surface area contributed by atoms with Gasteiger partial charge in [0.25, 0.3) is 0 Å². The topological polar surface area (TPSA) is 82.6 Å². The number of H-pyrrole nitrogens is 1. The normalized spacial score (nSPS) is 18.4. The highest BCUT2D eigenvalue weighted by Gasteiger charge is 2.29. The van der Waals surface area contributed by atoms with Crippen LogP contribution >= 0.6 is 0 Å². The zero-order valence-corrected chi connectivity index (χ0v) is 11.1. The molecule has 0 aliphatic carbocycles. The molecule has 2 N–H and O–H groups in total. The van der Waals surface area contributed by atoms with Crippen molar-refractivity contribution in [3.63, 3.8) is 0 Å². The molecule has 6 nitrogen and oxygen atoms in total. The van der Waals surface area contributed by atoms with Crippen LogP contribution < -0.4 is 0 Å². The van der Waals surface area contributed by atoms with E-state index in [0.717, 1.165) is 0 Å². The molecule has 1 fully saturated rings. The number of nitrogens with zero attached hydrogens (tertiary/aromatic N) is 1. The first-order chi connectivity index (χ1) is 8.55. The Bertz CT molecular complexity index is 491. The SMILES string of the molecule is CN(C1CCOCC1)S(=O)(=O)c1c[nH]c(CO)c1. The van der Waals surface area contributed by atoms with E-state index in [2.05, 4.69) is 4.98 Å². The number of hydrogen-bond donors (Lipinski definition) is 2. The maximum atomic E-state index is 12.3. The molecular formula is C11H18N2O4S. The van der Waals surface area contributed by atoms with Crippen LogP contribution in [-0.4, -0.2) is 49.1 Å². The van der Waals surface area contributed by atoms with Crippen molar-refractivity contribution < 1.29 is 18.3 Å². The summed E-state index contributed by atoms with van der Waals surface area (Å²) in [5, 5.41) is 8.95. The van der Waals surface area contributed by atoms with Crippen molar-refractivity contribution in [1.82, 2.24) is 9.29 Å². The van der Waals surface area contributed by atoms with Crippen molar-refractivity contribution in [2.45, 2.75) is 30.4 Å². The minimum absolute atomic E-state index is 0.0174. The molecule has 0 amide bonds. The van der Waals surface area contributed by atoms with Gasteiger partial charge < -0.3 is 14.8 Å². The Morgan fingerprint density at radius 2 is 2.17 bits per heavy atom. The molecule has 2 heterocycles. The van der Waals surface area contributed by atoms with E-state index in [9.17, 15) is 8.42 Å². The molecule has 102 valence electrons. The quantitative estimate of drug-likeness (QED) is 0.827. The lowest BCUT2D eigenvalue weighted by Gasteiger charge is -2.30. The number of sulfonamides is 1. The van der Waals surface area contributed by atoms with Gasteiger partial charge in [-0.15, -0.1) is 0 Å². The van der Waals surface area contributed by atoms with E-state index < -0.39 is 10.0 Å². The highest BCUT2D eigenvalue weighted by atomic mass is 32.2. The zero-order valence-electron chi connectivity index (χ0n) is 10.3. The summed E-state index contributed by atoms with van der Waals surface area (Å²) in [6, 6.07) is 1.45. The van der Waals surface area contributed by atoms with Crippen molar-refractivity contribution in [1.29, 1.82) is 0 Å². The predicted octanol–water partition coefficient (Wildman–Crippen LogP) is 0.307. The highest BCUT2D eigenvalue weighted by Crippen LogP contribution is 2.22. The maximum Gasteiger partial charge on any atom is 0.244 e. The van der Waals surface area contributed by atoms with Crippen LogP contribution in [0.25, 0.3) is 0 Å². The summed E-state index contributed by atoms with van der Waals surface area (Å²) >= 11 is 0. The van der Waals surface area contributed by atoms with E-state index in [1.807, 2.05) is 0 Å². The molecule has 0 aromatic carbocycles. The smallest absolute Gasteiger partial charge is 0.244 e. The summed E-state index contributed by atoms with van der Waals surface area (Å²) in [7, 11) is -1.90. The second-order valence-electron chi connectivity index (χ2n) is 4.38. The van der Waals surface area contributed by atoms with E-state index >= 15 is 0 Å². The van der Waals surface area contributed by atoms with E-state index in [1.54, 1.807) is 7.05 Å². The fourth-order valence-electron chi connectivity index (χ4n) is 2.07. The van der Waals surface area contributed by atoms with Gasteiger partial charge in [-0.3, -0.25) is 0 Å². The molecule has 0 atom stereocenters. The average Bonchev–Trinajstić information content (AvgIpc) is 2.88. The molecule has 2 rings (SSSR count). The van der Waals surface area contributed by atoms with Gasteiger partial charge in [-0.25, -0.2) is 8.42 Å². The van der Waals surface area contributed by atoms with Gasteiger partial charge in [-0.1, -0.05) is 0 Å². The van der Waals surface area contributed by atoms with E-state index in [0.29, 0.717) is 31.7 Å². The first kappa shape index (κ1) is 13.5. The number of aromatic amines is 1. The van der Waals surface area contributed by atoms with Crippen LogP contribution in [-0.2, 0) is 21.4 Å². The van der Waals surface area contributed by atoms with Gasteiger partial charge >= 0.3 is 0 Å². The van der Waals surface area contributed by atoms with Crippen LogP contribution in [0.3, 0.4) is 0 Å². The van der Waals surface area contributed by atoms with E-state index in [1.165, 1.54) is 16.6 Å². The van der Waals surface area contributed by atoms with Crippen LogP contribution in [0.15, 0.2) is 17.2 Å². The minimum atomic E-state index is -3.49. The molecule has 0 saturated carbocycles. The summed E-state index contributed by atoms with van der Waals surface area (Å²) in [5.74, 6) is 0. The Morgan fingerprint density at radius 1 is 1.50 bits per heavy atom. The number of rotatable bonds is 4. The molecule has 1 aliphatic heterocycles. The van der Waals surface area contributed by atoms with Crippen LogP contribution in [0.2, 0.25) is 0 Å². The van der Waals surface area contributed by atoms with Gasteiger partial charge in [-0.2, -0.15) is 4.31 Å². The Morgan fingerprint density at radius 3 is 2.72 bits per heavy atom. The summed E-state index contributed by atoms with van der Waals surface area (Å²) in [4.78, 5) is 2.93. The van der Waals surface area contributed by atoms with Crippen molar-refractivity contribution in [2.75, 3.05) is 20.3 Å². The standard InChI is InChI=1S/C11H18N2O4S/c1-13(10-2-4-17-5-3-10)18(15,16)11-6-9(8-14)12-7-11/h6-7,10,12,14H,2-5,8H2,1H3. The largest absolute Gasteiger partial charge is 0.390 e. The van der Waals surface area contributed by atoms with E-state index in [-0.39, 0.29) is 17.5 Å². The van der Waals surface area contributed by atoms with Gasteiger partial charge in [-0.05, 0) is 18.9 Å². The monoisotopic (exact) mass is 274 g/mol. The average molecular weight is 274 g/mol. The molecule has 0 bridgehead atoms. The molecular weight excluding hydrogens is 256 g/mol. The minimum Gasteiger partial charge on any atom is -0.390 e. The second-order valence-corrected chi connectivity index (χ2v) is 6.38. The Hall–Kier alpha value is -0.890. The summed E-state index contributed by atoms with van der Waals surface area (Å²) in [6.07, 6.45) is 2.84. The summed E-state index contributed by atoms with van der Waals surface area (Å²) in [6.45, 7) is 0.996. The molecule has 0 spiro atoms. The van der Waals surface area contributed by atoms with Crippen LogP contribution in [0, 0.1) is 0 Å². The van der Waals surface area contributed by atoms with Gasteiger partial charge in [0.1, 0.15) is 0 Å². The predicted molar refractivity (Wildman–Crippen MR) is 65.5 cm³/mol. The first-order valence-electron chi connectivity index (χ1n) is 5.89. The number of aliphatic hydroxyl groups excluding tert-OH is 1. The van der Waals surface area contributed by atoms with Crippen LogP contribution in [0.5, 0.6) is 0 Å². The van der Waals surface area contributed by atoms with Crippen molar-refractivity contribution >= 4 is 10.0 Å². The Labute approximate surface area is 107 Å². The lowest BCUT2D eigenvalue weighted by Crippen LogP contribution is -2.40. The molecule has 1 aromatic rings. The fraction of sp³-hybridized carbons (Fsp3) is 0.636. The zero-order chi connectivity index (χ0) is 13.2. The molecule has 7 heteroatoms. The molecule has 1 aromatic heterocycles. The maximum absolute atomic E-state index is 12.3. The molecule has 1 aliphatic rings. The van der Waals surface area contributed by atoms with E-state index in [4.69, 9.17) is 9.84 Å². The number of aromatic nitrogens is 1. The van der Waals surface area contributed by atoms with Gasteiger partial charge in [0.15, 0.2) is 0 Å². The van der Waals surface area contributed by atoms with Gasteiger partial charge in [0.2, 0.25) is 10.0 Å². The Balaban J connectivity index is 2.18. The van der Waals surface area contributed by atoms with Crippen LogP contribution in [0.4, 0.5) is 0 Å². The van der Waals surface area contributed by atoms with Gasteiger partial charge in [0.05, 0.1) is 11.5 Å². The van der Waals surface area contributed by atoms with Crippen molar-refractivity contribution in [3.05, 3.63) is 18.0 Å². The third kappa shape index (κ3) is 2.59. The number of aliphatic hydroxyl groups is 1. The van der Waals surface area contributed by atoms with Gasteiger partial charge in [0, 0.05) is 38.2 Å². The molecule has 0 unspecified atom stereocenters. The summed E-state index contributed by atoms with van der Waals surface area (Å²) < 4.78 is 31.3. The van der Waals surface area contributed by atoms with Crippen molar-refractivity contribution in [3.8, 4) is 0 Å². The lowest BCUT2D eigenvalue weighted by atomic mass is 10.1. The summed E-state index contributed by atoms with van der Waals surface area (Å²) in [5.41, 5.74) is 0.494. The number of ether oxygens (including phenoxy) is 1. The fourth-order valence-corrected chi connectivity index (χ4v) is 3.51. The molecule has 1 saturated heterocycles. The first-order valence-corrected chi connectivity index (χ1v) is 7.33. The number of hydrogen-bond acceptors (Lipinski definition) is 4. The highest BCUT2D eigenvalue weighted by molar-refractivity contribution is 7.89. The number of nitrogens with one attached hydrogen (secondary N) is 1. The lowest BCUT2D eigenvalue weighted by molar-refractivity contribution is 0.0632. The third-order valence-electron chi connectivity index (χ3n) is 3.27. The third-order valence-corrected chi connectivity index (χ3v) is 5.16. The molecule has 0 radical (unpaired) electrons. The van der Waals surface area contributed by atoms with Crippen LogP contribution in [0.1, 0.15) is 18.5 Å². The molecule has 18 heavy (non-hydrogen) atoms. The second kappa shape index (κ2) is 5.40. The Kier molecular flexibility index (Phi) is 4.06. The van der Waals surface area contributed by atoms with Crippen molar-refractivity contribution in [2.24, 2.45) is 0 Å².